The van der Waals surface area contributed by atoms with Crippen LogP contribution in [0.3, 0.4) is 0 Å². The summed E-state index contributed by atoms with van der Waals surface area (Å²) >= 11 is 0. The molecular formula is C15H27NO2. The summed E-state index contributed by atoms with van der Waals surface area (Å²) in [5.74, 6) is 0. The third kappa shape index (κ3) is 11.2. The number of allylic oxidation sites excluding steroid dienone is 3. The first-order valence-electron chi connectivity index (χ1n) is 6.75. The topological polar surface area (TPSA) is 38.3 Å². The molecule has 104 valence electrons. The zero-order chi connectivity index (χ0) is 13.8. The summed E-state index contributed by atoms with van der Waals surface area (Å²) in [5.41, 5.74) is 2.64. The van der Waals surface area contributed by atoms with Crippen molar-refractivity contribution in [3.05, 3.63) is 23.3 Å². The lowest BCUT2D eigenvalue weighted by atomic mass is 10.1. The molecule has 18 heavy (non-hydrogen) atoms. The van der Waals surface area contributed by atoms with Crippen LogP contribution in [-0.2, 0) is 4.74 Å². The molecule has 0 aromatic rings. The molecular weight excluding hydrogens is 226 g/mol. The van der Waals surface area contributed by atoms with Crippen LogP contribution in [0.5, 0.6) is 0 Å². The predicted octanol–water partition coefficient (Wildman–Crippen LogP) is 4.21. The van der Waals surface area contributed by atoms with Gasteiger partial charge < -0.3 is 10.1 Å². The van der Waals surface area contributed by atoms with E-state index >= 15 is 0 Å². The second-order valence-corrected chi connectivity index (χ2v) is 4.74. The van der Waals surface area contributed by atoms with Crippen LogP contribution in [0.2, 0.25) is 0 Å². The zero-order valence-corrected chi connectivity index (χ0v) is 12.2. The van der Waals surface area contributed by atoms with Crippen molar-refractivity contribution in [1.29, 1.82) is 0 Å². The lowest BCUT2D eigenvalue weighted by molar-refractivity contribution is 0.145. The molecule has 0 aromatic carbocycles. The lowest BCUT2D eigenvalue weighted by Crippen LogP contribution is -2.24. The van der Waals surface area contributed by atoms with Crippen molar-refractivity contribution < 1.29 is 9.53 Å². The highest BCUT2D eigenvalue weighted by Crippen LogP contribution is 2.05. The minimum Gasteiger partial charge on any atom is -0.450 e. The Kier molecular flexibility index (Phi) is 10.1. The van der Waals surface area contributed by atoms with Gasteiger partial charge >= 0.3 is 6.09 Å². The Bertz CT molecular complexity index is 289. The molecule has 0 aliphatic heterocycles. The van der Waals surface area contributed by atoms with Crippen LogP contribution in [0, 0.1) is 0 Å². The van der Waals surface area contributed by atoms with Crippen molar-refractivity contribution >= 4 is 6.09 Å². The molecule has 0 saturated carbocycles. The standard InChI is InChI=1S/C15H27NO2/c1-5-6-12-18-15(17)16-11-10-14(4)9-7-8-13(2)3/h8,10H,5-7,9,11-12H2,1-4H3,(H,16,17)/b14-10-. The maximum Gasteiger partial charge on any atom is 0.407 e. The van der Waals surface area contributed by atoms with Gasteiger partial charge in [-0.3, -0.25) is 0 Å². The second kappa shape index (κ2) is 10.9. The third-order valence-electron chi connectivity index (χ3n) is 2.52. The smallest absolute Gasteiger partial charge is 0.407 e. The van der Waals surface area contributed by atoms with Gasteiger partial charge in [-0.05, 0) is 40.0 Å². The Morgan fingerprint density at radius 2 is 1.94 bits per heavy atom. The molecule has 0 radical (unpaired) electrons. The van der Waals surface area contributed by atoms with Crippen molar-refractivity contribution in [2.45, 2.75) is 53.4 Å². The molecule has 0 rings (SSSR count). The second-order valence-electron chi connectivity index (χ2n) is 4.74. The molecule has 0 fully saturated rings. The summed E-state index contributed by atoms with van der Waals surface area (Å²) in [6, 6.07) is 0. The first-order valence-corrected chi connectivity index (χ1v) is 6.75. The van der Waals surface area contributed by atoms with E-state index in [1.807, 2.05) is 6.08 Å². The van der Waals surface area contributed by atoms with Crippen LogP contribution in [0.15, 0.2) is 23.3 Å². The number of carbonyl (C=O) groups excluding carboxylic acids is 1. The first kappa shape index (κ1) is 16.8. The molecule has 1 N–H and O–H groups in total. The quantitative estimate of drug-likeness (QED) is 0.520. The van der Waals surface area contributed by atoms with E-state index in [2.05, 4.69) is 39.1 Å². The molecule has 3 heteroatoms. The van der Waals surface area contributed by atoms with Crippen molar-refractivity contribution in [2.75, 3.05) is 13.2 Å². The van der Waals surface area contributed by atoms with Crippen LogP contribution in [0.4, 0.5) is 4.79 Å². The fraction of sp³-hybridized carbons (Fsp3) is 0.667. The maximum absolute atomic E-state index is 11.2. The van der Waals surface area contributed by atoms with E-state index in [0.29, 0.717) is 13.2 Å². The number of alkyl carbamates (subject to hydrolysis) is 1. The van der Waals surface area contributed by atoms with E-state index in [1.165, 1.54) is 11.1 Å². The number of nitrogens with one attached hydrogen (secondary N) is 1. The van der Waals surface area contributed by atoms with Crippen LogP contribution < -0.4 is 5.32 Å². The summed E-state index contributed by atoms with van der Waals surface area (Å²) in [6.07, 6.45) is 8.01. The highest BCUT2D eigenvalue weighted by Gasteiger charge is 1.98. The SMILES string of the molecule is CCCCOC(=O)NC/C=C(/C)CCC=C(C)C. The largest absolute Gasteiger partial charge is 0.450 e. The van der Waals surface area contributed by atoms with Crippen LogP contribution in [0.1, 0.15) is 53.4 Å². The van der Waals surface area contributed by atoms with Crippen molar-refractivity contribution in [3.63, 3.8) is 0 Å². The van der Waals surface area contributed by atoms with Crippen molar-refractivity contribution in [1.82, 2.24) is 5.32 Å². The van der Waals surface area contributed by atoms with E-state index in [0.717, 1.165) is 25.7 Å². The Morgan fingerprint density at radius 3 is 2.56 bits per heavy atom. The maximum atomic E-state index is 11.2. The molecule has 0 aliphatic rings. The monoisotopic (exact) mass is 253 g/mol. The molecule has 0 unspecified atom stereocenters. The number of amides is 1. The summed E-state index contributed by atoms with van der Waals surface area (Å²) in [5, 5.41) is 2.72. The minimum atomic E-state index is -0.322. The van der Waals surface area contributed by atoms with Gasteiger partial charge in [0, 0.05) is 6.54 Å². The van der Waals surface area contributed by atoms with E-state index in [1.54, 1.807) is 0 Å². The van der Waals surface area contributed by atoms with Gasteiger partial charge in [0.25, 0.3) is 0 Å². The Hall–Kier alpha value is -1.25. The molecule has 0 bridgehead atoms. The van der Waals surface area contributed by atoms with Gasteiger partial charge in [0.2, 0.25) is 0 Å². The van der Waals surface area contributed by atoms with Gasteiger partial charge in [-0.2, -0.15) is 0 Å². The summed E-state index contributed by atoms with van der Waals surface area (Å²) in [4.78, 5) is 11.2. The summed E-state index contributed by atoms with van der Waals surface area (Å²) < 4.78 is 4.99. The molecule has 0 saturated heterocycles. The number of hydrogen-bond donors (Lipinski definition) is 1. The molecule has 0 spiro atoms. The van der Waals surface area contributed by atoms with Gasteiger partial charge in [-0.1, -0.05) is 36.6 Å². The third-order valence-corrected chi connectivity index (χ3v) is 2.52. The molecule has 0 atom stereocenters. The van der Waals surface area contributed by atoms with Crippen molar-refractivity contribution in [2.24, 2.45) is 0 Å². The van der Waals surface area contributed by atoms with E-state index in [9.17, 15) is 4.79 Å². The van der Waals surface area contributed by atoms with Crippen LogP contribution >= 0.6 is 0 Å². The number of ether oxygens (including phenoxy) is 1. The van der Waals surface area contributed by atoms with E-state index < -0.39 is 0 Å². The first-order chi connectivity index (χ1) is 8.56. The fourth-order valence-corrected chi connectivity index (χ4v) is 1.36. The average molecular weight is 253 g/mol. The van der Waals surface area contributed by atoms with Crippen molar-refractivity contribution in [3.8, 4) is 0 Å². The van der Waals surface area contributed by atoms with Gasteiger partial charge in [-0.25, -0.2) is 4.79 Å². The number of carbonyl (C=O) groups is 1. The molecule has 0 aliphatic carbocycles. The number of hydrogen-bond acceptors (Lipinski definition) is 2. The Balaban J connectivity index is 3.66. The summed E-state index contributed by atoms with van der Waals surface area (Å²) in [6.45, 7) is 9.42. The van der Waals surface area contributed by atoms with Gasteiger partial charge in [0.15, 0.2) is 0 Å². The average Bonchev–Trinajstić information content (AvgIpc) is 2.29. The summed E-state index contributed by atoms with van der Waals surface area (Å²) in [7, 11) is 0. The van der Waals surface area contributed by atoms with Gasteiger partial charge in [-0.15, -0.1) is 0 Å². The van der Waals surface area contributed by atoms with Crippen LogP contribution in [0.25, 0.3) is 0 Å². The molecule has 3 nitrogen and oxygen atoms in total. The number of unbranched alkanes of at least 4 members (excludes halogenated alkanes) is 1. The molecule has 0 aromatic heterocycles. The highest BCUT2D eigenvalue weighted by atomic mass is 16.5. The Morgan fingerprint density at radius 1 is 1.22 bits per heavy atom. The van der Waals surface area contributed by atoms with E-state index in [-0.39, 0.29) is 6.09 Å². The van der Waals surface area contributed by atoms with Crippen LogP contribution in [-0.4, -0.2) is 19.2 Å². The normalized spacial score (nSPS) is 11.0. The minimum absolute atomic E-state index is 0.322. The number of rotatable bonds is 8. The Labute approximate surface area is 111 Å². The molecule has 0 heterocycles. The van der Waals surface area contributed by atoms with Gasteiger partial charge in [0.05, 0.1) is 6.61 Å². The fourth-order valence-electron chi connectivity index (χ4n) is 1.36. The lowest BCUT2D eigenvalue weighted by Gasteiger charge is -2.05. The highest BCUT2D eigenvalue weighted by molar-refractivity contribution is 5.67. The predicted molar refractivity (Wildman–Crippen MR) is 76.7 cm³/mol. The zero-order valence-electron chi connectivity index (χ0n) is 12.2. The van der Waals surface area contributed by atoms with E-state index in [4.69, 9.17) is 4.74 Å². The van der Waals surface area contributed by atoms with Gasteiger partial charge in [0.1, 0.15) is 0 Å². The molecule has 1 amide bonds.